The molecule has 0 unspecified atom stereocenters. The van der Waals surface area contributed by atoms with Gasteiger partial charge < -0.3 is 14.4 Å². The van der Waals surface area contributed by atoms with E-state index in [1.807, 2.05) is 19.2 Å². The fourth-order valence-electron chi connectivity index (χ4n) is 3.51. The number of benzene rings is 2. The Labute approximate surface area is 165 Å². The van der Waals surface area contributed by atoms with E-state index < -0.39 is 0 Å². The third-order valence-electron chi connectivity index (χ3n) is 4.98. The highest BCUT2D eigenvalue weighted by Gasteiger charge is 2.38. The van der Waals surface area contributed by atoms with Crippen LogP contribution in [0.25, 0.3) is 0 Å². The van der Waals surface area contributed by atoms with Crippen molar-refractivity contribution in [3.05, 3.63) is 71.4 Å². The third-order valence-corrected chi connectivity index (χ3v) is 4.98. The van der Waals surface area contributed by atoms with Gasteiger partial charge in [-0.2, -0.15) is 0 Å². The number of carbonyl (C=O) groups excluding carboxylic acids is 2. The molecular weight excluding hydrogens is 354 g/mol. The van der Waals surface area contributed by atoms with Crippen LogP contribution in [0.5, 0.6) is 5.75 Å². The minimum Gasteiger partial charge on any atom is -0.485 e. The van der Waals surface area contributed by atoms with Gasteiger partial charge in [0.2, 0.25) is 0 Å². The van der Waals surface area contributed by atoms with Gasteiger partial charge in [0.05, 0.1) is 12.2 Å². The standard InChI is InChI=1S/C23H25NO4/c1-5-27-22(26)16-10-12-18(13-11-16)28-15-17(25)14-21-23(2,3)19-8-6-7-9-20(19)24(21)4/h6-14H,5,15H2,1-4H3/b21-14+. The molecule has 5 heteroatoms. The molecule has 0 atom stereocenters. The van der Waals surface area contributed by atoms with Crippen LogP contribution in [-0.2, 0) is 14.9 Å². The summed E-state index contributed by atoms with van der Waals surface area (Å²) >= 11 is 0. The summed E-state index contributed by atoms with van der Waals surface area (Å²) < 4.78 is 10.5. The third kappa shape index (κ3) is 3.79. The van der Waals surface area contributed by atoms with E-state index in [4.69, 9.17) is 9.47 Å². The average Bonchev–Trinajstić information content (AvgIpc) is 2.88. The molecule has 0 aliphatic carbocycles. The molecule has 0 amide bonds. The molecule has 146 valence electrons. The molecule has 5 nitrogen and oxygen atoms in total. The van der Waals surface area contributed by atoms with Gasteiger partial charge in [-0.25, -0.2) is 4.79 Å². The molecule has 0 aromatic heterocycles. The second-order valence-corrected chi connectivity index (χ2v) is 7.23. The molecule has 0 bridgehead atoms. The lowest BCUT2D eigenvalue weighted by atomic mass is 9.83. The smallest absolute Gasteiger partial charge is 0.338 e. The van der Waals surface area contributed by atoms with E-state index in [-0.39, 0.29) is 23.8 Å². The van der Waals surface area contributed by atoms with Gasteiger partial charge in [0.15, 0.2) is 12.4 Å². The largest absolute Gasteiger partial charge is 0.485 e. The van der Waals surface area contributed by atoms with E-state index in [1.165, 1.54) is 5.56 Å². The zero-order valence-corrected chi connectivity index (χ0v) is 16.7. The first-order chi connectivity index (χ1) is 13.3. The highest BCUT2D eigenvalue weighted by Crippen LogP contribution is 2.46. The number of anilines is 1. The van der Waals surface area contributed by atoms with Crippen molar-refractivity contribution in [3.8, 4) is 5.75 Å². The van der Waals surface area contributed by atoms with E-state index in [0.717, 1.165) is 11.4 Å². The lowest BCUT2D eigenvalue weighted by Crippen LogP contribution is -2.25. The van der Waals surface area contributed by atoms with Crippen LogP contribution in [0.2, 0.25) is 0 Å². The molecule has 0 spiro atoms. The van der Waals surface area contributed by atoms with Gasteiger partial charge in [-0.3, -0.25) is 4.79 Å². The molecule has 0 saturated heterocycles. The molecule has 0 radical (unpaired) electrons. The molecule has 0 fully saturated rings. The van der Waals surface area contributed by atoms with Crippen molar-refractivity contribution in [2.75, 3.05) is 25.2 Å². The predicted octanol–water partition coefficient (Wildman–Crippen LogP) is 4.12. The van der Waals surface area contributed by atoms with Crippen LogP contribution in [0.1, 0.15) is 36.7 Å². The first-order valence-corrected chi connectivity index (χ1v) is 9.33. The Balaban J connectivity index is 1.67. The molecule has 2 aromatic rings. The van der Waals surface area contributed by atoms with E-state index in [9.17, 15) is 9.59 Å². The second-order valence-electron chi connectivity index (χ2n) is 7.23. The fraction of sp³-hybridized carbons (Fsp3) is 0.304. The van der Waals surface area contributed by atoms with Gasteiger partial charge in [0.25, 0.3) is 0 Å². The number of likely N-dealkylation sites (N-methyl/N-ethyl adjacent to an activating group) is 1. The van der Waals surface area contributed by atoms with Crippen LogP contribution in [0.4, 0.5) is 5.69 Å². The minimum atomic E-state index is -0.374. The summed E-state index contributed by atoms with van der Waals surface area (Å²) in [7, 11) is 1.97. The van der Waals surface area contributed by atoms with Crippen molar-refractivity contribution in [1.29, 1.82) is 0 Å². The van der Waals surface area contributed by atoms with E-state index >= 15 is 0 Å². The van der Waals surface area contributed by atoms with Crippen LogP contribution in [-0.4, -0.2) is 32.0 Å². The summed E-state index contributed by atoms with van der Waals surface area (Å²) in [4.78, 5) is 26.2. The second kappa shape index (κ2) is 7.89. The number of rotatable bonds is 6. The normalized spacial score (nSPS) is 16.0. The quantitative estimate of drug-likeness (QED) is 0.558. The van der Waals surface area contributed by atoms with Crippen molar-refractivity contribution in [2.45, 2.75) is 26.2 Å². The van der Waals surface area contributed by atoms with Gasteiger partial charge in [0.1, 0.15) is 5.75 Å². The molecule has 3 rings (SSSR count). The Morgan fingerprint density at radius 3 is 2.39 bits per heavy atom. The van der Waals surface area contributed by atoms with E-state index in [1.54, 1.807) is 37.3 Å². The molecule has 0 N–H and O–H groups in total. The van der Waals surface area contributed by atoms with Crippen LogP contribution in [0.15, 0.2) is 60.3 Å². The number of allylic oxidation sites excluding steroid dienone is 1. The number of esters is 1. The lowest BCUT2D eigenvalue weighted by Gasteiger charge is -2.23. The van der Waals surface area contributed by atoms with Crippen molar-refractivity contribution in [1.82, 2.24) is 0 Å². The molecule has 1 aliphatic heterocycles. The number of hydrogen-bond acceptors (Lipinski definition) is 5. The van der Waals surface area contributed by atoms with Crippen LogP contribution >= 0.6 is 0 Å². The Morgan fingerprint density at radius 2 is 1.75 bits per heavy atom. The van der Waals surface area contributed by atoms with Crippen LogP contribution < -0.4 is 9.64 Å². The summed E-state index contributed by atoms with van der Waals surface area (Å²) in [6, 6.07) is 14.7. The first kappa shape index (κ1) is 19.7. The highest BCUT2D eigenvalue weighted by atomic mass is 16.5. The number of ketones is 1. The maximum Gasteiger partial charge on any atom is 0.338 e. The zero-order chi connectivity index (χ0) is 20.3. The fourth-order valence-corrected chi connectivity index (χ4v) is 3.51. The molecule has 0 saturated carbocycles. The Morgan fingerprint density at radius 1 is 1.07 bits per heavy atom. The van der Waals surface area contributed by atoms with Crippen LogP contribution in [0.3, 0.4) is 0 Å². The van der Waals surface area contributed by atoms with Crippen LogP contribution in [0, 0.1) is 0 Å². The molecule has 1 heterocycles. The van der Waals surface area contributed by atoms with Crippen molar-refractivity contribution < 1.29 is 19.1 Å². The maximum atomic E-state index is 12.5. The molecule has 28 heavy (non-hydrogen) atoms. The summed E-state index contributed by atoms with van der Waals surface area (Å²) in [6.45, 7) is 6.25. The number of carbonyl (C=O) groups is 2. The molecule has 2 aromatic carbocycles. The lowest BCUT2D eigenvalue weighted by molar-refractivity contribution is -0.116. The Bertz CT molecular complexity index is 912. The Kier molecular flexibility index (Phi) is 5.54. The molecule has 1 aliphatic rings. The topological polar surface area (TPSA) is 55.8 Å². The van der Waals surface area contributed by atoms with Gasteiger partial charge in [-0.05, 0) is 42.8 Å². The number of para-hydroxylation sites is 1. The summed E-state index contributed by atoms with van der Waals surface area (Å²) in [6.07, 6.45) is 1.66. The number of hydrogen-bond donors (Lipinski definition) is 0. The van der Waals surface area contributed by atoms with Crippen molar-refractivity contribution in [3.63, 3.8) is 0 Å². The summed E-state index contributed by atoms with van der Waals surface area (Å²) in [5.41, 5.74) is 3.46. The van der Waals surface area contributed by atoms with Gasteiger partial charge in [-0.1, -0.05) is 32.0 Å². The monoisotopic (exact) mass is 379 g/mol. The molecular formula is C23H25NO4. The summed E-state index contributed by atoms with van der Waals surface area (Å²) in [5, 5.41) is 0. The average molecular weight is 379 g/mol. The maximum absolute atomic E-state index is 12.5. The minimum absolute atomic E-state index is 0.0669. The van der Waals surface area contributed by atoms with Gasteiger partial charge in [0, 0.05) is 29.9 Å². The zero-order valence-electron chi connectivity index (χ0n) is 16.7. The van der Waals surface area contributed by atoms with E-state index in [2.05, 4.69) is 30.9 Å². The van der Waals surface area contributed by atoms with Gasteiger partial charge >= 0.3 is 5.97 Å². The van der Waals surface area contributed by atoms with E-state index in [0.29, 0.717) is 17.9 Å². The Hall–Kier alpha value is -3.08. The summed E-state index contributed by atoms with van der Waals surface area (Å²) in [5.74, 6) is 0.0419. The SMILES string of the molecule is CCOC(=O)c1ccc(OCC(=O)/C=C2/N(C)c3ccccc3C2(C)C)cc1. The predicted molar refractivity (Wildman–Crippen MR) is 109 cm³/mol. The number of fused-ring (bicyclic) bond motifs is 1. The highest BCUT2D eigenvalue weighted by molar-refractivity contribution is 5.93. The number of nitrogens with zero attached hydrogens (tertiary/aromatic N) is 1. The number of ether oxygens (including phenoxy) is 2. The van der Waals surface area contributed by atoms with Crippen molar-refractivity contribution >= 4 is 17.4 Å². The first-order valence-electron chi connectivity index (χ1n) is 9.33. The van der Waals surface area contributed by atoms with Gasteiger partial charge in [-0.15, -0.1) is 0 Å². The van der Waals surface area contributed by atoms with Crippen molar-refractivity contribution in [2.24, 2.45) is 0 Å².